The first kappa shape index (κ1) is 19.3. The van der Waals surface area contributed by atoms with E-state index in [9.17, 15) is 18.0 Å². The number of ketones is 1. The maximum absolute atomic E-state index is 13.1. The zero-order chi connectivity index (χ0) is 20.8. The molecule has 29 heavy (non-hydrogen) atoms. The summed E-state index contributed by atoms with van der Waals surface area (Å²) in [6.45, 7) is 1.91. The number of allylic oxidation sites excluding steroid dienone is 1. The van der Waals surface area contributed by atoms with Crippen LogP contribution < -0.4 is 5.32 Å². The highest BCUT2D eigenvalue weighted by Crippen LogP contribution is 2.40. The van der Waals surface area contributed by atoms with Crippen LogP contribution in [0, 0.1) is 6.92 Å². The molecule has 0 atom stereocenters. The second kappa shape index (κ2) is 7.08. The summed E-state index contributed by atoms with van der Waals surface area (Å²) in [7, 11) is 0. The minimum Gasteiger partial charge on any atom is -0.353 e. The predicted octanol–water partition coefficient (Wildman–Crippen LogP) is 6.84. The van der Waals surface area contributed by atoms with E-state index in [0.29, 0.717) is 38.7 Å². The molecule has 0 heterocycles. The Morgan fingerprint density at radius 3 is 2.17 bits per heavy atom. The molecule has 1 aliphatic carbocycles. The number of fused-ring (bicyclic) bond motifs is 1. The van der Waals surface area contributed by atoms with Gasteiger partial charge >= 0.3 is 6.18 Å². The Bertz CT molecular complexity index is 1150. The predicted molar refractivity (Wildman–Crippen MR) is 109 cm³/mol. The van der Waals surface area contributed by atoms with Crippen molar-refractivity contribution >= 4 is 34.3 Å². The van der Waals surface area contributed by atoms with Gasteiger partial charge in [-0.25, -0.2) is 0 Å². The quantitative estimate of drug-likeness (QED) is 0.509. The van der Waals surface area contributed by atoms with Gasteiger partial charge in [0, 0.05) is 11.1 Å². The number of Topliss-reactive ketones (excluding diaryl/α,β-unsaturated/α-hetero) is 1. The lowest BCUT2D eigenvalue weighted by molar-refractivity contribution is -0.137. The number of carbonyl (C=O) groups excluding carboxylic acids is 1. The highest BCUT2D eigenvalue weighted by atomic mass is 35.5. The third-order valence-electron chi connectivity index (χ3n) is 4.80. The SMILES string of the molecule is Cc1ccc(NC2=C(c3ccc(C(F)(F)F)cc3)C(=O)c3ccccc32)c(Cl)c1. The summed E-state index contributed by atoms with van der Waals surface area (Å²) >= 11 is 6.34. The van der Waals surface area contributed by atoms with Crippen LogP contribution >= 0.6 is 11.6 Å². The molecule has 0 unspecified atom stereocenters. The summed E-state index contributed by atoms with van der Waals surface area (Å²) in [5.41, 5.74) is 3.26. The summed E-state index contributed by atoms with van der Waals surface area (Å²) in [6.07, 6.45) is -4.44. The Kier molecular flexibility index (Phi) is 4.71. The zero-order valence-electron chi connectivity index (χ0n) is 15.3. The van der Waals surface area contributed by atoms with E-state index in [2.05, 4.69) is 5.32 Å². The van der Waals surface area contributed by atoms with Gasteiger partial charge in [0.15, 0.2) is 5.78 Å². The number of alkyl halides is 3. The highest BCUT2D eigenvalue weighted by Gasteiger charge is 2.33. The number of hydrogen-bond donors (Lipinski definition) is 1. The van der Waals surface area contributed by atoms with Crippen molar-refractivity contribution in [1.29, 1.82) is 0 Å². The molecule has 0 spiro atoms. The maximum atomic E-state index is 13.1. The van der Waals surface area contributed by atoms with Crippen molar-refractivity contribution in [3.63, 3.8) is 0 Å². The van der Waals surface area contributed by atoms with Gasteiger partial charge in [-0.2, -0.15) is 13.2 Å². The first-order chi connectivity index (χ1) is 13.8. The van der Waals surface area contributed by atoms with E-state index in [0.717, 1.165) is 17.7 Å². The Balaban J connectivity index is 1.85. The number of carbonyl (C=O) groups is 1. The molecular weight excluding hydrogens is 399 g/mol. The van der Waals surface area contributed by atoms with Crippen molar-refractivity contribution in [2.45, 2.75) is 13.1 Å². The van der Waals surface area contributed by atoms with Gasteiger partial charge in [0.25, 0.3) is 0 Å². The van der Waals surface area contributed by atoms with Gasteiger partial charge in [-0.1, -0.05) is 54.1 Å². The largest absolute Gasteiger partial charge is 0.416 e. The zero-order valence-corrected chi connectivity index (χ0v) is 16.0. The summed E-state index contributed by atoms with van der Waals surface area (Å²) in [5.74, 6) is -0.244. The number of rotatable bonds is 3. The van der Waals surface area contributed by atoms with Crippen LogP contribution in [0.4, 0.5) is 18.9 Å². The van der Waals surface area contributed by atoms with Gasteiger partial charge in [-0.15, -0.1) is 0 Å². The molecule has 4 rings (SSSR count). The lowest BCUT2D eigenvalue weighted by Gasteiger charge is -2.14. The first-order valence-electron chi connectivity index (χ1n) is 8.85. The van der Waals surface area contributed by atoms with Crippen LogP contribution in [0.5, 0.6) is 0 Å². The second-order valence-corrected chi connectivity index (χ2v) is 7.22. The van der Waals surface area contributed by atoms with E-state index in [4.69, 9.17) is 11.6 Å². The van der Waals surface area contributed by atoms with E-state index in [1.807, 2.05) is 13.0 Å². The molecule has 0 saturated heterocycles. The molecule has 0 amide bonds. The molecule has 0 bridgehead atoms. The van der Waals surface area contributed by atoms with Crippen molar-refractivity contribution in [3.05, 3.63) is 99.6 Å². The molecule has 0 radical (unpaired) electrons. The van der Waals surface area contributed by atoms with Crippen LogP contribution in [-0.2, 0) is 6.18 Å². The van der Waals surface area contributed by atoms with Crippen molar-refractivity contribution in [1.82, 2.24) is 0 Å². The Labute approximate surface area is 170 Å². The number of anilines is 1. The van der Waals surface area contributed by atoms with Crippen LogP contribution in [0.2, 0.25) is 5.02 Å². The molecule has 0 aromatic heterocycles. The molecule has 3 aromatic rings. The van der Waals surface area contributed by atoms with Gasteiger partial charge < -0.3 is 5.32 Å². The molecule has 2 nitrogen and oxygen atoms in total. The van der Waals surface area contributed by atoms with Crippen LogP contribution in [0.3, 0.4) is 0 Å². The molecular formula is C23H15ClF3NO. The third kappa shape index (κ3) is 3.54. The van der Waals surface area contributed by atoms with E-state index >= 15 is 0 Å². The van der Waals surface area contributed by atoms with Crippen LogP contribution in [0.1, 0.15) is 32.6 Å². The molecule has 0 saturated carbocycles. The summed E-state index contributed by atoms with van der Waals surface area (Å²) in [6, 6.07) is 17.1. The van der Waals surface area contributed by atoms with Crippen LogP contribution in [-0.4, -0.2) is 5.78 Å². The third-order valence-corrected chi connectivity index (χ3v) is 5.12. The molecule has 3 aromatic carbocycles. The normalized spacial score (nSPS) is 13.6. The minimum absolute atomic E-state index is 0.244. The summed E-state index contributed by atoms with van der Waals surface area (Å²) in [4.78, 5) is 13.1. The number of hydrogen-bond acceptors (Lipinski definition) is 2. The van der Waals surface area contributed by atoms with E-state index < -0.39 is 11.7 Å². The molecule has 1 aliphatic rings. The topological polar surface area (TPSA) is 29.1 Å². The van der Waals surface area contributed by atoms with Crippen LogP contribution in [0.15, 0.2) is 66.7 Å². The van der Waals surface area contributed by atoms with Crippen molar-refractivity contribution in [2.24, 2.45) is 0 Å². The number of benzene rings is 3. The van der Waals surface area contributed by atoms with Crippen molar-refractivity contribution < 1.29 is 18.0 Å². The fourth-order valence-electron chi connectivity index (χ4n) is 3.37. The molecule has 6 heteroatoms. The lowest BCUT2D eigenvalue weighted by atomic mass is 10.00. The summed E-state index contributed by atoms with van der Waals surface area (Å²) < 4.78 is 38.8. The fraction of sp³-hybridized carbons (Fsp3) is 0.0870. The standard InChI is InChI=1S/C23H15ClF3NO/c1-13-6-11-19(18(24)12-13)28-21-16-4-2-3-5-17(16)22(29)20(21)14-7-9-15(10-8-14)23(25,26)27/h2-12,28H,1H3. The number of halogens is 4. The summed E-state index contributed by atoms with van der Waals surface area (Å²) in [5, 5.41) is 3.71. The second-order valence-electron chi connectivity index (χ2n) is 6.81. The number of aryl methyl sites for hydroxylation is 1. The Morgan fingerprint density at radius 2 is 1.55 bits per heavy atom. The van der Waals surface area contributed by atoms with Gasteiger partial charge in [-0.3, -0.25) is 4.79 Å². The smallest absolute Gasteiger partial charge is 0.353 e. The van der Waals surface area contributed by atoms with Gasteiger partial charge in [0.1, 0.15) is 0 Å². The molecule has 0 aliphatic heterocycles. The first-order valence-corrected chi connectivity index (χ1v) is 9.22. The van der Waals surface area contributed by atoms with E-state index in [1.54, 1.807) is 36.4 Å². The van der Waals surface area contributed by atoms with Gasteiger partial charge in [0.2, 0.25) is 0 Å². The van der Waals surface area contributed by atoms with E-state index in [1.165, 1.54) is 12.1 Å². The van der Waals surface area contributed by atoms with Crippen LogP contribution in [0.25, 0.3) is 11.3 Å². The van der Waals surface area contributed by atoms with Crippen molar-refractivity contribution in [3.8, 4) is 0 Å². The monoisotopic (exact) mass is 413 g/mol. The average Bonchev–Trinajstić information content (AvgIpc) is 2.96. The highest BCUT2D eigenvalue weighted by molar-refractivity contribution is 6.41. The van der Waals surface area contributed by atoms with E-state index in [-0.39, 0.29) is 5.78 Å². The lowest BCUT2D eigenvalue weighted by Crippen LogP contribution is -2.06. The Hall–Kier alpha value is -3.05. The maximum Gasteiger partial charge on any atom is 0.416 e. The minimum atomic E-state index is -4.44. The molecule has 0 fully saturated rings. The molecule has 1 N–H and O–H groups in total. The molecule has 146 valence electrons. The number of nitrogens with one attached hydrogen (secondary N) is 1. The van der Waals surface area contributed by atoms with Gasteiger partial charge in [0.05, 0.1) is 27.5 Å². The van der Waals surface area contributed by atoms with Gasteiger partial charge in [-0.05, 0) is 42.3 Å². The fourth-order valence-corrected chi connectivity index (χ4v) is 3.65. The average molecular weight is 414 g/mol. The Morgan fingerprint density at radius 1 is 0.897 bits per heavy atom. The van der Waals surface area contributed by atoms with Crippen molar-refractivity contribution in [2.75, 3.05) is 5.32 Å².